The standard InChI is InChI=1S/C16H11BrF2N6O3/c17-11-7-10(5-6-12(11)19)20-14(23-27)13-15(25-28-24-13)22-16(26)21-9-3-1-8(18)2-4-9/h1-7,27H,(H,20,23)(H2,21,22,25,26). The lowest BCUT2D eigenvalue weighted by molar-refractivity contribution is 0.234. The van der Waals surface area contributed by atoms with Crippen LogP contribution in [0.5, 0.6) is 0 Å². The maximum Gasteiger partial charge on any atom is 0.325 e. The number of anilines is 2. The minimum absolute atomic E-state index is 0.114. The number of amidine groups is 1. The average Bonchev–Trinajstić information content (AvgIpc) is 3.12. The van der Waals surface area contributed by atoms with Gasteiger partial charge >= 0.3 is 6.03 Å². The van der Waals surface area contributed by atoms with Crippen LogP contribution in [0.15, 0.2) is 56.6 Å². The molecule has 3 aromatic rings. The molecule has 0 bridgehead atoms. The van der Waals surface area contributed by atoms with Gasteiger partial charge in [-0.3, -0.25) is 16.0 Å². The second-order valence-electron chi connectivity index (χ2n) is 5.22. The van der Waals surface area contributed by atoms with E-state index in [1.54, 1.807) is 0 Å². The van der Waals surface area contributed by atoms with E-state index >= 15 is 0 Å². The Morgan fingerprint density at radius 1 is 1.11 bits per heavy atom. The van der Waals surface area contributed by atoms with Crippen molar-refractivity contribution < 1.29 is 23.4 Å². The zero-order chi connectivity index (χ0) is 20.1. The number of nitrogens with zero attached hydrogens (tertiary/aromatic N) is 3. The van der Waals surface area contributed by atoms with E-state index in [-0.39, 0.29) is 27.5 Å². The molecule has 9 nitrogen and oxygen atoms in total. The van der Waals surface area contributed by atoms with Crippen molar-refractivity contribution in [3.63, 3.8) is 0 Å². The van der Waals surface area contributed by atoms with Gasteiger partial charge in [0.2, 0.25) is 5.82 Å². The minimum atomic E-state index is -0.717. The van der Waals surface area contributed by atoms with Crippen LogP contribution in [0.1, 0.15) is 5.69 Å². The van der Waals surface area contributed by atoms with E-state index in [1.807, 2.05) is 5.48 Å². The summed E-state index contributed by atoms with van der Waals surface area (Å²) in [4.78, 5) is 16.1. The number of hydrogen-bond acceptors (Lipinski definition) is 6. The molecule has 0 fully saturated rings. The minimum Gasteiger partial charge on any atom is -0.308 e. The molecular formula is C16H11BrF2N6O3. The monoisotopic (exact) mass is 452 g/mol. The van der Waals surface area contributed by atoms with Gasteiger partial charge in [0.15, 0.2) is 11.5 Å². The summed E-state index contributed by atoms with van der Waals surface area (Å²) in [5.41, 5.74) is 2.32. The Hall–Kier alpha value is -3.38. The van der Waals surface area contributed by atoms with Gasteiger partial charge in [0.25, 0.3) is 0 Å². The Bertz CT molecular complexity index is 1030. The lowest BCUT2D eigenvalue weighted by atomic mass is 10.3. The zero-order valence-corrected chi connectivity index (χ0v) is 15.4. The number of aliphatic imine (C=N–C) groups is 1. The highest BCUT2D eigenvalue weighted by Gasteiger charge is 2.19. The van der Waals surface area contributed by atoms with Crippen molar-refractivity contribution in [2.24, 2.45) is 4.99 Å². The first-order valence-corrected chi connectivity index (χ1v) is 8.36. The molecule has 1 aromatic heterocycles. The topological polar surface area (TPSA) is 125 Å². The van der Waals surface area contributed by atoms with Crippen molar-refractivity contribution in [2.75, 3.05) is 10.6 Å². The molecule has 144 valence electrons. The summed E-state index contributed by atoms with van der Waals surface area (Å²) in [7, 11) is 0. The molecule has 1 heterocycles. The van der Waals surface area contributed by atoms with Gasteiger partial charge in [-0.05, 0) is 68.7 Å². The number of amides is 2. The Balaban J connectivity index is 1.79. The average molecular weight is 453 g/mol. The van der Waals surface area contributed by atoms with Gasteiger partial charge in [0.05, 0.1) is 10.2 Å². The normalized spacial score (nSPS) is 11.2. The number of hydrogen-bond donors (Lipinski definition) is 4. The van der Waals surface area contributed by atoms with Crippen LogP contribution < -0.4 is 16.1 Å². The lowest BCUT2D eigenvalue weighted by Gasteiger charge is -2.07. The quantitative estimate of drug-likeness (QED) is 0.271. The van der Waals surface area contributed by atoms with E-state index in [9.17, 15) is 18.8 Å². The van der Waals surface area contributed by atoms with Gasteiger partial charge in [0, 0.05) is 5.69 Å². The molecule has 12 heteroatoms. The smallest absolute Gasteiger partial charge is 0.308 e. The van der Waals surface area contributed by atoms with E-state index in [0.717, 1.165) is 0 Å². The van der Waals surface area contributed by atoms with Gasteiger partial charge < -0.3 is 5.32 Å². The first-order valence-electron chi connectivity index (χ1n) is 7.56. The van der Waals surface area contributed by atoms with Crippen LogP contribution in [0, 0.1) is 11.6 Å². The highest BCUT2D eigenvalue weighted by atomic mass is 79.9. The summed E-state index contributed by atoms with van der Waals surface area (Å²) >= 11 is 3.03. The van der Waals surface area contributed by atoms with Gasteiger partial charge in [-0.15, -0.1) is 0 Å². The van der Waals surface area contributed by atoms with Crippen molar-refractivity contribution in [2.45, 2.75) is 0 Å². The Morgan fingerprint density at radius 3 is 2.54 bits per heavy atom. The van der Waals surface area contributed by atoms with Gasteiger partial charge in [0.1, 0.15) is 11.6 Å². The van der Waals surface area contributed by atoms with E-state index in [0.29, 0.717) is 5.69 Å². The number of carbonyl (C=O) groups is 1. The number of nitrogens with one attached hydrogen (secondary N) is 3. The van der Waals surface area contributed by atoms with Crippen LogP contribution in [0.25, 0.3) is 0 Å². The molecule has 2 amide bonds. The number of benzene rings is 2. The lowest BCUT2D eigenvalue weighted by Crippen LogP contribution is -2.25. The largest absolute Gasteiger partial charge is 0.325 e. The van der Waals surface area contributed by atoms with Gasteiger partial charge in [-0.25, -0.2) is 23.2 Å². The predicted molar refractivity (Wildman–Crippen MR) is 98.6 cm³/mol. The highest BCUT2D eigenvalue weighted by molar-refractivity contribution is 9.10. The highest BCUT2D eigenvalue weighted by Crippen LogP contribution is 2.23. The molecule has 0 radical (unpaired) electrons. The van der Waals surface area contributed by atoms with E-state index < -0.39 is 17.7 Å². The fraction of sp³-hybridized carbons (Fsp3) is 0. The van der Waals surface area contributed by atoms with Gasteiger partial charge in [-0.2, -0.15) is 0 Å². The fourth-order valence-electron chi connectivity index (χ4n) is 2.04. The molecule has 0 atom stereocenters. The van der Waals surface area contributed by atoms with Crippen LogP contribution >= 0.6 is 15.9 Å². The fourth-order valence-corrected chi connectivity index (χ4v) is 2.41. The number of urea groups is 1. The summed E-state index contributed by atoms with van der Waals surface area (Å²) < 4.78 is 31.0. The first kappa shape index (κ1) is 19.4. The molecule has 3 rings (SSSR count). The molecule has 0 saturated heterocycles. The third-order valence-electron chi connectivity index (χ3n) is 3.30. The maximum absolute atomic E-state index is 13.3. The zero-order valence-electron chi connectivity index (χ0n) is 13.8. The third kappa shape index (κ3) is 4.66. The Labute approximate surface area is 164 Å². The number of hydroxylamine groups is 1. The maximum atomic E-state index is 13.3. The Kier molecular flexibility index (Phi) is 5.91. The summed E-state index contributed by atoms with van der Waals surface area (Å²) in [6.07, 6.45) is 0. The van der Waals surface area contributed by atoms with Crippen molar-refractivity contribution in [1.82, 2.24) is 15.8 Å². The number of rotatable bonds is 4. The molecule has 0 spiro atoms. The van der Waals surface area contributed by atoms with Crippen molar-refractivity contribution in [3.8, 4) is 0 Å². The molecule has 0 aliphatic carbocycles. The first-order chi connectivity index (χ1) is 13.5. The van der Waals surface area contributed by atoms with Crippen LogP contribution in [0.2, 0.25) is 0 Å². The SMILES string of the molecule is O=C(Nc1ccc(F)cc1)Nc1nonc1C(=Nc1ccc(F)c(Br)c1)NO. The predicted octanol–water partition coefficient (Wildman–Crippen LogP) is 3.81. The van der Waals surface area contributed by atoms with Crippen LogP contribution in [-0.2, 0) is 0 Å². The molecule has 28 heavy (non-hydrogen) atoms. The molecule has 0 unspecified atom stereocenters. The van der Waals surface area contributed by atoms with E-state index in [4.69, 9.17) is 0 Å². The van der Waals surface area contributed by atoms with Crippen molar-refractivity contribution >= 4 is 45.0 Å². The number of aromatic nitrogens is 2. The molecule has 0 saturated carbocycles. The second kappa shape index (κ2) is 8.54. The molecular weight excluding hydrogens is 442 g/mol. The van der Waals surface area contributed by atoms with Crippen molar-refractivity contribution in [1.29, 1.82) is 0 Å². The van der Waals surface area contributed by atoms with Gasteiger partial charge in [-0.1, -0.05) is 0 Å². The van der Waals surface area contributed by atoms with Crippen molar-refractivity contribution in [3.05, 3.63) is 64.3 Å². The summed E-state index contributed by atoms with van der Waals surface area (Å²) in [5, 5.41) is 21.3. The second-order valence-corrected chi connectivity index (χ2v) is 6.07. The summed E-state index contributed by atoms with van der Waals surface area (Å²) in [5.74, 6) is -1.30. The molecule has 0 aliphatic rings. The van der Waals surface area contributed by atoms with Crippen LogP contribution in [0.4, 0.5) is 30.8 Å². The summed E-state index contributed by atoms with van der Waals surface area (Å²) in [6, 6.07) is 8.28. The molecule has 2 aromatic carbocycles. The molecule has 4 N–H and O–H groups in total. The third-order valence-corrected chi connectivity index (χ3v) is 3.90. The summed E-state index contributed by atoms with van der Waals surface area (Å²) in [6.45, 7) is 0. The van der Waals surface area contributed by atoms with E-state index in [2.05, 4.69) is 46.5 Å². The van der Waals surface area contributed by atoms with E-state index in [1.165, 1.54) is 42.5 Å². The number of halogens is 3. The van der Waals surface area contributed by atoms with Crippen LogP contribution in [0.3, 0.4) is 0 Å². The Morgan fingerprint density at radius 2 is 1.86 bits per heavy atom. The molecule has 0 aliphatic heterocycles. The number of carbonyl (C=O) groups excluding carboxylic acids is 1. The van der Waals surface area contributed by atoms with Crippen LogP contribution in [-0.4, -0.2) is 27.4 Å².